The number of carbonyl (C=O) groups is 1. The van der Waals surface area contributed by atoms with Gasteiger partial charge >= 0.3 is 0 Å². The number of fused-ring (bicyclic) bond motifs is 1. The van der Waals surface area contributed by atoms with E-state index in [0.717, 1.165) is 54.9 Å². The smallest absolute Gasteiger partial charge is 0.224 e. The van der Waals surface area contributed by atoms with E-state index in [0.29, 0.717) is 11.6 Å². The Bertz CT molecular complexity index is 1170. The zero-order valence-electron chi connectivity index (χ0n) is 18.8. The molecule has 7 heteroatoms. The van der Waals surface area contributed by atoms with Gasteiger partial charge in [0.2, 0.25) is 5.91 Å². The van der Waals surface area contributed by atoms with Gasteiger partial charge in [-0.1, -0.05) is 35.4 Å². The van der Waals surface area contributed by atoms with E-state index in [1.54, 1.807) is 6.20 Å². The van der Waals surface area contributed by atoms with Crippen LogP contribution in [0.15, 0.2) is 54.4 Å². The molecule has 1 atom stereocenters. The first-order chi connectivity index (χ1) is 16.2. The van der Waals surface area contributed by atoms with Gasteiger partial charge in [0, 0.05) is 42.6 Å². The maximum absolute atomic E-state index is 12.9. The number of benzene rings is 1. The highest BCUT2D eigenvalue weighted by molar-refractivity contribution is 6.30. The molecule has 33 heavy (non-hydrogen) atoms. The Morgan fingerprint density at radius 2 is 2.15 bits per heavy atom. The van der Waals surface area contributed by atoms with Gasteiger partial charge in [0.25, 0.3) is 0 Å². The molecule has 6 nitrogen and oxygen atoms in total. The molecule has 1 fully saturated rings. The van der Waals surface area contributed by atoms with E-state index in [9.17, 15) is 4.79 Å². The zero-order valence-corrected chi connectivity index (χ0v) is 19.6. The van der Waals surface area contributed by atoms with Crippen LogP contribution in [-0.4, -0.2) is 40.1 Å². The Hall–Kier alpha value is -2.86. The monoisotopic (exact) mass is 463 g/mol. The number of nitrogens with zero attached hydrogens (tertiary/aromatic N) is 4. The van der Waals surface area contributed by atoms with Crippen molar-refractivity contribution in [3.05, 3.63) is 59.4 Å². The maximum atomic E-state index is 12.9. The van der Waals surface area contributed by atoms with Crippen molar-refractivity contribution in [3.63, 3.8) is 0 Å². The highest BCUT2D eigenvalue weighted by atomic mass is 35.5. The first-order valence-corrected chi connectivity index (χ1v) is 12.4. The normalized spacial score (nSPS) is 18.9. The standard InChI is InChI=1S/C26H30ClN5O/c27-22-10-4-8-20(16-22)23-17-24-25(28-13-15-32(24)30-23)31-14-5-9-21(18-31)26(33)29-12-11-19-6-2-1-3-7-19/h4,6,8,10,13,15-17,21H,1-3,5,7,9,11-12,14,18H2,(H,29,33)/t21-/m1/s1. The van der Waals surface area contributed by atoms with Crippen LogP contribution in [0.5, 0.6) is 0 Å². The van der Waals surface area contributed by atoms with Crippen molar-refractivity contribution >= 4 is 28.8 Å². The molecular formula is C26H30ClN5O. The molecule has 1 aromatic carbocycles. The molecule has 1 amide bonds. The van der Waals surface area contributed by atoms with E-state index in [1.807, 2.05) is 35.0 Å². The summed E-state index contributed by atoms with van der Waals surface area (Å²) in [7, 11) is 0. The molecule has 172 valence electrons. The van der Waals surface area contributed by atoms with Gasteiger partial charge in [-0.3, -0.25) is 4.79 Å². The SMILES string of the molecule is O=C(NCCC1=CCCCC1)[C@@H]1CCCN(c2nccn3nc(-c4cccc(Cl)c4)cc23)C1. The Morgan fingerprint density at radius 1 is 1.21 bits per heavy atom. The van der Waals surface area contributed by atoms with Gasteiger partial charge in [-0.05, 0) is 63.1 Å². The predicted octanol–water partition coefficient (Wildman–Crippen LogP) is 5.27. The Labute approximate surface area is 199 Å². The third kappa shape index (κ3) is 5.06. The summed E-state index contributed by atoms with van der Waals surface area (Å²) in [5.41, 5.74) is 4.27. The van der Waals surface area contributed by atoms with Gasteiger partial charge < -0.3 is 10.2 Å². The number of allylic oxidation sites excluding steroid dienone is 1. The van der Waals surface area contributed by atoms with Gasteiger partial charge in [-0.15, -0.1) is 0 Å². The lowest BCUT2D eigenvalue weighted by Crippen LogP contribution is -2.43. The van der Waals surface area contributed by atoms with Crippen molar-refractivity contribution in [3.8, 4) is 11.3 Å². The van der Waals surface area contributed by atoms with Crippen molar-refractivity contribution in [2.75, 3.05) is 24.5 Å². The van der Waals surface area contributed by atoms with Crippen LogP contribution in [0.2, 0.25) is 5.02 Å². The largest absolute Gasteiger partial charge is 0.355 e. The predicted molar refractivity (Wildman–Crippen MR) is 133 cm³/mol. The minimum absolute atomic E-state index is 0.0172. The first-order valence-electron chi connectivity index (χ1n) is 12.0. The Kier molecular flexibility index (Phi) is 6.63. The fourth-order valence-corrected chi connectivity index (χ4v) is 5.14. The van der Waals surface area contributed by atoms with Crippen LogP contribution in [0.25, 0.3) is 16.8 Å². The molecule has 5 rings (SSSR count). The number of aromatic nitrogens is 3. The molecular weight excluding hydrogens is 434 g/mol. The number of piperidine rings is 1. The van der Waals surface area contributed by atoms with Crippen LogP contribution in [-0.2, 0) is 4.79 Å². The van der Waals surface area contributed by atoms with Gasteiger partial charge in [0.15, 0.2) is 5.82 Å². The van der Waals surface area contributed by atoms with E-state index < -0.39 is 0 Å². The molecule has 0 spiro atoms. The summed E-state index contributed by atoms with van der Waals surface area (Å²) in [4.78, 5) is 19.8. The minimum Gasteiger partial charge on any atom is -0.355 e. The molecule has 0 unspecified atom stereocenters. The third-order valence-corrected chi connectivity index (χ3v) is 6.95. The number of amides is 1. The van der Waals surface area contributed by atoms with Crippen LogP contribution >= 0.6 is 11.6 Å². The summed E-state index contributed by atoms with van der Waals surface area (Å²) >= 11 is 6.18. The van der Waals surface area contributed by atoms with E-state index in [4.69, 9.17) is 16.7 Å². The molecule has 1 N–H and O–H groups in total. The minimum atomic E-state index is -0.0172. The second kappa shape index (κ2) is 9.96. The molecule has 2 aromatic heterocycles. The number of halogens is 1. The Morgan fingerprint density at radius 3 is 3.00 bits per heavy atom. The zero-order chi connectivity index (χ0) is 22.6. The molecule has 1 aliphatic carbocycles. The van der Waals surface area contributed by atoms with Crippen molar-refractivity contribution in [1.82, 2.24) is 19.9 Å². The highest BCUT2D eigenvalue weighted by Gasteiger charge is 2.27. The molecule has 2 aliphatic rings. The van der Waals surface area contributed by atoms with Crippen LogP contribution in [0.4, 0.5) is 5.82 Å². The number of hydrogen-bond donors (Lipinski definition) is 1. The van der Waals surface area contributed by atoms with Crippen molar-refractivity contribution < 1.29 is 4.79 Å². The van der Waals surface area contributed by atoms with Gasteiger partial charge in [0.05, 0.1) is 11.6 Å². The molecule has 0 bridgehead atoms. The maximum Gasteiger partial charge on any atom is 0.224 e. The summed E-state index contributed by atoms with van der Waals surface area (Å²) in [5, 5.41) is 8.60. The summed E-state index contributed by atoms with van der Waals surface area (Å²) in [6, 6.07) is 9.76. The number of hydrogen-bond acceptors (Lipinski definition) is 4. The highest BCUT2D eigenvalue weighted by Crippen LogP contribution is 2.29. The van der Waals surface area contributed by atoms with Crippen molar-refractivity contribution in [1.29, 1.82) is 0 Å². The lowest BCUT2D eigenvalue weighted by molar-refractivity contribution is -0.125. The second-order valence-electron chi connectivity index (χ2n) is 9.05. The molecule has 1 saturated heterocycles. The van der Waals surface area contributed by atoms with E-state index in [2.05, 4.69) is 27.3 Å². The van der Waals surface area contributed by atoms with E-state index in [1.165, 1.54) is 31.3 Å². The van der Waals surface area contributed by atoms with E-state index >= 15 is 0 Å². The molecule has 0 saturated carbocycles. The molecule has 3 aromatic rings. The molecule has 0 radical (unpaired) electrons. The summed E-state index contributed by atoms with van der Waals surface area (Å²) < 4.78 is 1.86. The van der Waals surface area contributed by atoms with Crippen molar-refractivity contribution in [2.24, 2.45) is 5.92 Å². The van der Waals surface area contributed by atoms with Crippen LogP contribution in [0.1, 0.15) is 44.9 Å². The number of anilines is 1. The fourth-order valence-electron chi connectivity index (χ4n) is 4.95. The first kappa shape index (κ1) is 22.0. The third-order valence-electron chi connectivity index (χ3n) is 6.71. The summed E-state index contributed by atoms with van der Waals surface area (Å²) in [6.45, 7) is 2.31. The number of nitrogens with one attached hydrogen (secondary N) is 1. The van der Waals surface area contributed by atoms with Gasteiger partial charge in [-0.25, -0.2) is 9.50 Å². The van der Waals surface area contributed by atoms with Crippen molar-refractivity contribution in [2.45, 2.75) is 44.9 Å². The molecule has 3 heterocycles. The molecule has 1 aliphatic heterocycles. The van der Waals surface area contributed by atoms with Crippen LogP contribution in [0, 0.1) is 5.92 Å². The number of rotatable bonds is 6. The Balaban J connectivity index is 1.28. The van der Waals surface area contributed by atoms with E-state index in [-0.39, 0.29) is 11.8 Å². The average Bonchev–Trinajstić information content (AvgIpc) is 3.29. The fraction of sp³-hybridized carbons (Fsp3) is 0.423. The van der Waals surface area contributed by atoms with Crippen LogP contribution in [0.3, 0.4) is 0 Å². The van der Waals surface area contributed by atoms with Gasteiger partial charge in [-0.2, -0.15) is 5.10 Å². The quantitative estimate of drug-likeness (QED) is 0.505. The van der Waals surface area contributed by atoms with Gasteiger partial charge in [0.1, 0.15) is 5.52 Å². The summed E-state index contributed by atoms with van der Waals surface area (Å²) in [5.74, 6) is 1.02. The average molecular weight is 464 g/mol. The lowest BCUT2D eigenvalue weighted by atomic mass is 9.96. The number of carbonyl (C=O) groups excluding carboxylic acids is 1. The second-order valence-corrected chi connectivity index (χ2v) is 9.49. The summed E-state index contributed by atoms with van der Waals surface area (Å²) in [6.07, 6.45) is 13.8. The lowest BCUT2D eigenvalue weighted by Gasteiger charge is -2.33. The van der Waals surface area contributed by atoms with Crippen LogP contribution < -0.4 is 10.2 Å². The topological polar surface area (TPSA) is 62.5 Å².